The molecule has 212 valence electrons. The zero-order valence-electron chi connectivity index (χ0n) is 22.7. The first-order valence-electron chi connectivity index (χ1n) is 14.0. The molecule has 0 N–H and O–H groups in total. The average Bonchev–Trinajstić information content (AvgIpc) is 3.45. The zero-order chi connectivity index (χ0) is 28.1. The molecule has 0 radical (unpaired) electrons. The molecule has 2 unspecified atom stereocenters. The highest BCUT2D eigenvalue weighted by molar-refractivity contribution is 6.42. The molecule has 2 aromatic carbocycles. The van der Waals surface area contributed by atoms with E-state index in [9.17, 15) is 9.59 Å². The maximum atomic E-state index is 12.4. The number of esters is 1. The van der Waals surface area contributed by atoms with Crippen LogP contribution in [0.25, 0.3) is 5.69 Å². The Labute approximate surface area is 245 Å². The van der Waals surface area contributed by atoms with E-state index < -0.39 is 6.10 Å². The van der Waals surface area contributed by atoms with Gasteiger partial charge in [-0.3, -0.25) is 9.59 Å². The van der Waals surface area contributed by atoms with Crippen LogP contribution in [0.15, 0.2) is 54.7 Å². The van der Waals surface area contributed by atoms with Crippen molar-refractivity contribution in [3.05, 3.63) is 76.0 Å². The number of ether oxygens (including phenoxy) is 1. The topological polar surface area (TPSA) is 80.6 Å². The molecule has 2 aliphatic heterocycles. The van der Waals surface area contributed by atoms with Gasteiger partial charge in [-0.25, -0.2) is 4.68 Å². The molecule has 3 heterocycles. The van der Waals surface area contributed by atoms with E-state index in [4.69, 9.17) is 27.9 Å². The fraction of sp³-hybridized carbons (Fsp3) is 0.467. The van der Waals surface area contributed by atoms with Crippen LogP contribution in [-0.4, -0.2) is 68.9 Å². The number of carbonyl (C=O) groups excluding carboxylic acids is 2. The number of nitrogens with zero attached hydrogens (tertiary/aromatic N) is 5. The second-order valence-electron chi connectivity index (χ2n) is 10.6. The fourth-order valence-electron chi connectivity index (χ4n) is 5.96. The van der Waals surface area contributed by atoms with Gasteiger partial charge in [0.1, 0.15) is 5.69 Å². The molecular weight excluding hydrogens is 549 g/mol. The summed E-state index contributed by atoms with van der Waals surface area (Å²) in [6.45, 7) is 4.95. The van der Waals surface area contributed by atoms with Crippen molar-refractivity contribution in [2.45, 2.75) is 63.5 Å². The van der Waals surface area contributed by atoms with Gasteiger partial charge in [0, 0.05) is 44.9 Å². The highest BCUT2D eigenvalue weighted by Crippen LogP contribution is 2.39. The summed E-state index contributed by atoms with van der Waals surface area (Å²) in [5.74, 6) is -0.304. The van der Waals surface area contributed by atoms with Gasteiger partial charge in [0.25, 0.3) is 0 Å². The number of piperidine rings is 2. The van der Waals surface area contributed by atoms with E-state index in [1.165, 1.54) is 6.92 Å². The maximum absolute atomic E-state index is 12.4. The van der Waals surface area contributed by atoms with Crippen molar-refractivity contribution in [3.8, 4) is 5.69 Å². The molecule has 2 saturated heterocycles. The number of benzene rings is 2. The Kier molecular flexibility index (Phi) is 9.40. The molecule has 0 bridgehead atoms. The van der Waals surface area contributed by atoms with E-state index in [0.717, 1.165) is 63.1 Å². The van der Waals surface area contributed by atoms with Crippen LogP contribution in [0.4, 0.5) is 0 Å². The van der Waals surface area contributed by atoms with E-state index in [0.29, 0.717) is 40.5 Å². The lowest BCUT2D eigenvalue weighted by Crippen LogP contribution is -2.49. The molecule has 2 fully saturated rings. The predicted molar refractivity (Wildman–Crippen MR) is 155 cm³/mol. The van der Waals surface area contributed by atoms with Crippen LogP contribution in [0.2, 0.25) is 10.0 Å². The number of carbonyl (C=O) groups is 2. The molecule has 40 heavy (non-hydrogen) atoms. The van der Waals surface area contributed by atoms with Gasteiger partial charge in [-0.15, -0.1) is 5.10 Å². The Bertz CT molecular complexity index is 1310. The summed E-state index contributed by atoms with van der Waals surface area (Å²) in [5, 5.41) is 9.41. The third-order valence-corrected chi connectivity index (χ3v) is 8.75. The van der Waals surface area contributed by atoms with Gasteiger partial charge < -0.3 is 14.5 Å². The summed E-state index contributed by atoms with van der Waals surface area (Å²) in [4.78, 5) is 29.4. The molecule has 0 spiro atoms. The number of amides is 1. The van der Waals surface area contributed by atoms with Crippen LogP contribution in [0.5, 0.6) is 0 Å². The highest BCUT2D eigenvalue weighted by Gasteiger charge is 2.34. The lowest BCUT2D eigenvalue weighted by molar-refractivity contribution is -0.148. The van der Waals surface area contributed by atoms with E-state index >= 15 is 0 Å². The third-order valence-electron chi connectivity index (χ3n) is 8.01. The predicted octanol–water partition coefficient (Wildman–Crippen LogP) is 5.83. The molecule has 1 aromatic heterocycles. The summed E-state index contributed by atoms with van der Waals surface area (Å²) in [5.41, 5.74) is 2.43. The number of hydrogen-bond acceptors (Lipinski definition) is 6. The number of aromatic nitrogens is 3. The molecule has 2 atom stereocenters. The van der Waals surface area contributed by atoms with Gasteiger partial charge >= 0.3 is 5.97 Å². The van der Waals surface area contributed by atoms with Crippen LogP contribution in [0.3, 0.4) is 0 Å². The monoisotopic (exact) mass is 583 g/mol. The van der Waals surface area contributed by atoms with E-state index in [-0.39, 0.29) is 11.9 Å². The fourth-order valence-corrected chi connectivity index (χ4v) is 6.27. The molecule has 0 saturated carbocycles. The smallest absolute Gasteiger partial charge is 0.303 e. The van der Waals surface area contributed by atoms with Gasteiger partial charge in [0.15, 0.2) is 6.10 Å². The van der Waals surface area contributed by atoms with Gasteiger partial charge in [-0.1, -0.05) is 52.7 Å². The van der Waals surface area contributed by atoms with Gasteiger partial charge in [-0.05, 0) is 68.5 Å². The lowest BCUT2D eigenvalue weighted by atomic mass is 9.87. The SMILES string of the molecule is CC(=O)OC(c1cnnn1-c1ccccc1)C(CCN1CCC(N2CCCCC2=O)CC1)c1ccc(Cl)c(Cl)c1. The summed E-state index contributed by atoms with van der Waals surface area (Å²) in [6.07, 6.45) is 6.46. The second kappa shape index (κ2) is 13.1. The molecule has 5 rings (SSSR count). The van der Waals surface area contributed by atoms with E-state index in [1.54, 1.807) is 16.9 Å². The molecule has 8 nitrogen and oxygen atoms in total. The van der Waals surface area contributed by atoms with Gasteiger partial charge in [0.05, 0.1) is 21.9 Å². The van der Waals surface area contributed by atoms with E-state index in [2.05, 4.69) is 20.1 Å². The first-order valence-corrected chi connectivity index (χ1v) is 14.8. The first kappa shape index (κ1) is 28.6. The summed E-state index contributed by atoms with van der Waals surface area (Å²) >= 11 is 12.7. The van der Waals surface area contributed by atoms with Crippen molar-refractivity contribution in [3.63, 3.8) is 0 Å². The van der Waals surface area contributed by atoms with Crippen LogP contribution >= 0.6 is 23.2 Å². The Hall–Kier alpha value is -2.94. The molecule has 0 aliphatic carbocycles. The lowest BCUT2D eigenvalue weighted by Gasteiger charge is -2.40. The summed E-state index contributed by atoms with van der Waals surface area (Å²) < 4.78 is 7.73. The number of halogens is 2. The van der Waals surface area contributed by atoms with Crippen LogP contribution in [-0.2, 0) is 14.3 Å². The van der Waals surface area contributed by atoms with Crippen LogP contribution < -0.4 is 0 Å². The Morgan fingerprint density at radius 3 is 2.52 bits per heavy atom. The third kappa shape index (κ3) is 6.67. The first-order chi connectivity index (χ1) is 19.4. The minimum atomic E-state index is -0.645. The van der Waals surface area contributed by atoms with E-state index in [1.807, 2.05) is 42.5 Å². The molecule has 2 aliphatic rings. The normalized spacial score (nSPS) is 18.5. The summed E-state index contributed by atoms with van der Waals surface area (Å²) in [6, 6.07) is 15.6. The van der Waals surface area contributed by atoms with Crippen molar-refractivity contribution in [2.75, 3.05) is 26.2 Å². The molecule has 1 amide bonds. The van der Waals surface area contributed by atoms with Crippen molar-refractivity contribution in [2.24, 2.45) is 0 Å². The Balaban J connectivity index is 1.38. The molecular formula is C30H35Cl2N5O3. The van der Waals surface area contributed by atoms with Crippen LogP contribution in [0, 0.1) is 0 Å². The van der Waals surface area contributed by atoms with Crippen molar-refractivity contribution < 1.29 is 14.3 Å². The minimum absolute atomic E-state index is 0.221. The second-order valence-corrected chi connectivity index (χ2v) is 11.4. The van der Waals surface area contributed by atoms with Crippen molar-refractivity contribution in [1.82, 2.24) is 24.8 Å². The van der Waals surface area contributed by atoms with Crippen molar-refractivity contribution >= 4 is 35.1 Å². The molecule has 10 heteroatoms. The summed E-state index contributed by atoms with van der Waals surface area (Å²) in [7, 11) is 0. The zero-order valence-corrected chi connectivity index (χ0v) is 24.2. The largest absolute Gasteiger partial charge is 0.455 e. The average molecular weight is 585 g/mol. The Morgan fingerprint density at radius 2 is 1.82 bits per heavy atom. The number of hydrogen-bond donors (Lipinski definition) is 0. The number of likely N-dealkylation sites (tertiary alicyclic amines) is 2. The quantitative estimate of drug-likeness (QED) is 0.295. The minimum Gasteiger partial charge on any atom is -0.455 e. The maximum Gasteiger partial charge on any atom is 0.303 e. The highest BCUT2D eigenvalue weighted by atomic mass is 35.5. The van der Waals surface area contributed by atoms with Crippen molar-refractivity contribution in [1.29, 1.82) is 0 Å². The van der Waals surface area contributed by atoms with Gasteiger partial charge in [0.2, 0.25) is 5.91 Å². The standard InChI is InChI=1S/C30H35Cl2N5O3/c1-21(38)40-30(28-20-33-34-37(28)24-7-3-2-4-8-24)25(22-10-11-26(31)27(32)19-22)14-18-35-16-12-23(13-17-35)36-15-6-5-9-29(36)39/h2-4,7-8,10-11,19-20,23,25,30H,5-6,9,12-18H2,1H3. The number of para-hydroxylation sites is 1. The Morgan fingerprint density at radius 1 is 1.05 bits per heavy atom. The van der Waals surface area contributed by atoms with Gasteiger partial charge in [-0.2, -0.15) is 0 Å². The number of rotatable bonds is 9. The van der Waals surface area contributed by atoms with Crippen LogP contribution in [0.1, 0.15) is 68.7 Å². The molecule has 3 aromatic rings.